The summed E-state index contributed by atoms with van der Waals surface area (Å²) < 4.78 is 1.95. The molecule has 0 atom stereocenters. The molecular formula is C14H10N4S2. The van der Waals surface area contributed by atoms with Gasteiger partial charge < -0.3 is 0 Å². The second kappa shape index (κ2) is 4.50. The van der Waals surface area contributed by atoms with Crippen molar-refractivity contribution in [2.75, 3.05) is 0 Å². The first kappa shape index (κ1) is 11.7. The average Bonchev–Trinajstić information content (AvgIpc) is 3.18. The largest absolute Gasteiger partial charge is 0.290 e. The summed E-state index contributed by atoms with van der Waals surface area (Å²) in [6.07, 6.45) is 5.45. The third-order valence-corrected chi connectivity index (χ3v) is 4.84. The van der Waals surface area contributed by atoms with E-state index < -0.39 is 0 Å². The van der Waals surface area contributed by atoms with Crippen LogP contribution in [0.3, 0.4) is 0 Å². The fraction of sp³-hybridized carbons (Fsp3) is 0.0714. The summed E-state index contributed by atoms with van der Waals surface area (Å²) in [6, 6.07) is 4.19. The van der Waals surface area contributed by atoms with Crippen LogP contribution in [0.2, 0.25) is 0 Å². The maximum absolute atomic E-state index is 4.61. The van der Waals surface area contributed by atoms with Crippen molar-refractivity contribution in [3.8, 4) is 16.3 Å². The summed E-state index contributed by atoms with van der Waals surface area (Å²) in [5.41, 5.74) is 1.20. The third kappa shape index (κ3) is 1.76. The number of fused-ring (bicyclic) bond motifs is 1. The van der Waals surface area contributed by atoms with Crippen LogP contribution in [0.4, 0.5) is 0 Å². The molecule has 0 saturated heterocycles. The van der Waals surface area contributed by atoms with Gasteiger partial charge in [0, 0.05) is 28.2 Å². The minimum atomic E-state index is 0.778. The second-order valence-electron chi connectivity index (χ2n) is 4.37. The summed E-state index contributed by atoms with van der Waals surface area (Å²) in [6.45, 7) is 1.92. The SMILES string of the molecule is Cc1nc(-n2ccnc2)c2c(-c3cccs3)csc2n1. The number of imidazole rings is 1. The first-order valence-corrected chi connectivity index (χ1v) is 7.87. The average molecular weight is 298 g/mol. The van der Waals surface area contributed by atoms with Gasteiger partial charge in [-0.25, -0.2) is 15.0 Å². The van der Waals surface area contributed by atoms with E-state index in [2.05, 4.69) is 37.8 Å². The molecule has 4 aromatic heterocycles. The van der Waals surface area contributed by atoms with Crippen molar-refractivity contribution in [1.82, 2.24) is 19.5 Å². The predicted molar refractivity (Wildman–Crippen MR) is 82.6 cm³/mol. The van der Waals surface area contributed by atoms with Crippen LogP contribution in [0.5, 0.6) is 0 Å². The van der Waals surface area contributed by atoms with E-state index in [9.17, 15) is 0 Å². The van der Waals surface area contributed by atoms with Gasteiger partial charge in [-0.15, -0.1) is 22.7 Å². The second-order valence-corrected chi connectivity index (χ2v) is 6.18. The fourth-order valence-electron chi connectivity index (χ4n) is 2.21. The molecular weight excluding hydrogens is 288 g/mol. The molecule has 6 heteroatoms. The molecule has 0 amide bonds. The molecule has 20 heavy (non-hydrogen) atoms. The molecule has 0 fully saturated rings. The van der Waals surface area contributed by atoms with Gasteiger partial charge in [0.05, 0.1) is 5.39 Å². The maximum Gasteiger partial charge on any atom is 0.151 e. The van der Waals surface area contributed by atoms with Crippen LogP contribution in [-0.4, -0.2) is 19.5 Å². The highest BCUT2D eigenvalue weighted by Gasteiger charge is 2.15. The van der Waals surface area contributed by atoms with Crippen LogP contribution in [-0.2, 0) is 0 Å². The molecule has 0 aliphatic rings. The minimum absolute atomic E-state index is 0.778. The fourth-order valence-corrected chi connectivity index (χ4v) is 4.01. The Hall–Kier alpha value is -2.05. The van der Waals surface area contributed by atoms with Gasteiger partial charge in [0.2, 0.25) is 0 Å². The summed E-state index contributed by atoms with van der Waals surface area (Å²) >= 11 is 3.39. The van der Waals surface area contributed by atoms with E-state index in [4.69, 9.17) is 0 Å². The molecule has 0 radical (unpaired) electrons. The lowest BCUT2D eigenvalue weighted by atomic mass is 10.2. The lowest BCUT2D eigenvalue weighted by Crippen LogP contribution is -1.99. The molecule has 4 aromatic rings. The zero-order chi connectivity index (χ0) is 13.5. The topological polar surface area (TPSA) is 43.6 Å². The van der Waals surface area contributed by atoms with Gasteiger partial charge in [-0.05, 0) is 18.4 Å². The van der Waals surface area contributed by atoms with E-state index in [-0.39, 0.29) is 0 Å². The summed E-state index contributed by atoms with van der Waals surface area (Å²) in [4.78, 5) is 15.5. The quantitative estimate of drug-likeness (QED) is 0.563. The van der Waals surface area contributed by atoms with Crippen molar-refractivity contribution < 1.29 is 0 Å². The van der Waals surface area contributed by atoms with E-state index in [1.807, 2.05) is 17.7 Å². The summed E-state index contributed by atoms with van der Waals surface area (Å²) in [5.74, 6) is 1.68. The Kier molecular flexibility index (Phi) is 2.64. The van der Waals surface area contributed by atoms with Gasteiger partial charge in [0.15, 0.2) is 5.82 Å². The lowest BCUT2D eigenvalue weighted by molar-refractivity contribution is 0.965. The smallest absolute Gasteiger partial charge is 0.151 e. The van der Waals surface area contributed by atoms with Crippen LogP contribution in [0.15, 0.2) is 41.6 Å². The normalized spacial score (nSPS) is 11.2. The molecule has 4 heterocycles. The molecule has 4 nitrogen and oxygen atoms in total. The summed E-state index contributed by atoms with van der Waals surface area (Å²) in [5, 5.41) is 5.34. The van der Waals surface area contributed by atoms with Crippen molar-refractivity contribution in [2.24, 2.45) is 0 Å². The monoisotopic (exact) mass is 298 g/mol. The maximum atomic E-state index is 4.61. The first-order valence-electron chi connectivity index (χ1n) is 6.11. The zero-order valence-electron chi connectivity index (χ0n) is 10.6. The van der Waals surface area contributed by atoms with Gasteiger partial charge in [-0.2, -0.15) is 0 Å². The first-order chi connectivity index (χ1) is 9.83. The minimum Gasteiger partial charge on any atom is -0.290 e. The predicted octanol–water partition coefficient (Wildman–Crippen LogP) is 3.91. The Morgan fingerprint density at radius 1 is 1.20 bits per heavy atom. The molecule has 4 rings (SSSR count). The Morgan fingerprint density at radius 3 is 2.90 bits per heavy atom. The van der Waals surface area contributed by atoms with E-state index in [1.54, 1.807) is 35.2 Å². The third-order valence-electron chi connectivity index (χ3n) is 3.06. The van der Waals surface area contributed by atoms with E-state index in [1.165, 1.54) is 10.4 Å². The Balaban J connectivity index is 2.09. The van der Waals surface area contributed by atoms with Crippen LogP contribution >= 0.6 is 22.7 Å². The number of rotatable bonds is 2. The molecule has 0 bridgehead atoms. The van der Waals surface area contributed by atoms with Gasteiger partial charge in [-0.3, -0.25) is 4.57 Å². The van der Waals surface area contributed by atoms with Crippen molar-refractivity contribution in [2.45, 2.75) is 6.92 Å². The standard InChI is InChI=1S/C14H10N4S2/c1-9-16-13(18-5-4-15-8-18)12-10(7-20-14(12)17-9)11-3-2-6-19-11/h2-8H,1H3. The van der Waals surface area contributed by atoms with Crippen molar-refractivity contribution >= 4 is 32.9 Å². The van der Waals surface area contributed by atoms with Crippen LogP contribution in [0.25, 0.3) is 26.5 Å². The van der Waals surface area contributed by atoms with Gasteiger partial charge >= 0.3 is 0 Å². The molecule has 0 saturated carbocycles. The van der Waals surface area contributed by atoms with E-state index in [0.29, 0.717) is 0 Å². The molecule has 0 N–H and O–H groups in total. The molecule has 0 spiro atoms. The van der Waals surface area contributed by atoms with Crippen molar-refractivity contribution in [3.05, 3.63) is 47.4 Å². The van der Waals surface area contributed by atoms with Gasteiger partial charge in [0.1, 0.15) is 17.0 Å². The van der Waals surface area contributed by atoms with Gasteiger partial charge in [0.25, 0.3) is 0 Å². The number of aryl methyl sites for hydroxylation is 1. The van der Waals surface area contributed by atoms with Crippen LogP contribution in [0, 0.1) is 6.92 Å². The molecule has 0 aliphatic carbocycles. The number of aromatic nitrogens is 4. The highest BCUT2D eigenvalue weighted by atomic mass is 32.1. The molecule has 0 aliphatic heterocycles. The lowest BCUT2D eigenvalue weighted by Gasteiger charge is -2.06. The Bertz CT molecular complexity index is 860. The number of hydrogen-bond acceptors (Lipinski definition) is 5. The van der Waals surface area contributed by atoms with Crippen LogP contribution in [0.1, 0.15) is 5.82 Å². The van der Waals surface area contributed by atoms with Crippen LogP contribution < -0.4 is 0 Å². The molecule has 0 unspecified atom stereocenters. The highest BCUT2D eigenvalue weighted by Crippen LogP contribution is 2.38. The number of thiophene rings is 2. The number of nitrogens with zero attached hydrogens (tertiary/aromatic N) is 4. The Morgan fingerprint density at radius 2 is 2.15 bits per heavy atom. The van der Waals surface area contributed by atoms with Crippen molar-refractivity contribution in [3.63, 3.8) is 0 Å². The van der Waals surface area contributed by atoms with Gasteiger partial charge in [-0.1, -0.05) is 6.07 Å². The Labute approximate surface area is 123 Å². The van der Waals surface area contributed by atoms with E-state index in [0.717, 1.165) is 21.9 Å². The highest BCUT2D eigenvalue weighted by molar-refractivity contribution is 7.18. The van der Waals surface area contributed by atoms with E-state index >= 15 is 0 Å². The molecule has 98 valence electrons. The molecule has 0 aromatic carbocycles. The number of hydrogen-bond donors (Lipinski definition) is 0. The van der Waals surface area contributed by atoms with Crippen molar-refractivity contribution in [1.29, 1.82) is 0 Å². The zero-order valence-corrected chi connectivity index (χ0v) is 12.3. The summed E-state index contributed by atoms with van der Waals surface area (Å²) in [7, 11) is 0.